The summed E-state index contributed by atoms with van der Waals surface area (Å²) in [5.74, 6) is 0.120. The monoisotopic (exact) mass is 401 g/mol. The number of anilines is 1. The highest BCUT2D eigenvalue weighted by atomic mass is 32.1. The van der Waals surface area contributed by atoms with Crippen LogP contribution in [-0.4, -0.2) is 18.0 Å². The number of carbonyl (C=O) groups is 2. The predicted octanol–water partition coefficient (Wildman–Crippen LogP) is 3.98. The maximum absolute atomic E-state index is 12.8. The summed E-state index contributed by atoms with van der Waals surface area (Å²) >= 11 is 1.53. The lowest BCUT2D eigenvalue weighted by atomic mass is 9.88. The van der Waals surface area contributed by atoms with Gasteiger partial charge in [0.1, 0.15) is 5.00 Å². The van der Waals surface area contributed by atoms with Crippen molar-refractivity contribution in [2.45, 2.75) is 66.5 Å². The van der Waals surface area contributed by atoms with Crippen LogP contribution in [0.1, 0.15) is 59.2 Å². The van der Waals surface area contributed by atoms with Crippen LogP contribution in [0.3, 0.4) is 0 Å². The highest BCUT2D eigenvalue weighted by Crippen LogP contribution is 2.40. The second-order valence-electron chi connectivity index (χ2n) is 7.96. The summed E-state index contributed by atoms with van der Waals surface area (Å²) in [5.41, 5.74) is 3.80. The normalized spacial score (nSPS) is 16.0. The van der Waals surface area contributed by atoms with Gasteiger partial charge in [0.15, 0.2) is 11.9 Å². The lowest BCUT2D eigenvalue weighted by Gasteiger charge is -2.18. The van der Waals surface area contributed by atoms with Gasteiger partial charge < -0.3 is 10.1 Å². The van der Waals surface area contributed by atoms with Crippen molar-refractivity contribution in [3.8, 4) is 0 Å². The van der Waals surface area contributed by atoms with Gasteiger partial charge in [-0.1, -0.05) is 6.92 Å². The molecule has 0 fully saturated rings. The van der Waals surface area contributed by atoms with Crippen molar-refractivity contribution in [3.05, 3.63) is 45.6 Å². The lowest BCUT2D eigenvalue weighted by molar-refractivity contribution is -0.690. The minimum atomic E-state index is -0.336. The minimum Gasteiger partial charge on any atom is -0.459 e. The fourth-order valence-corrected chi connectivity index (χ4v) is 4.99. The van der Waals surface area contributed by atoms with E-state index >= 15 is 0 Å². The number of nitrogens with one attached hydrogen (secondary N) is 1. The van der Waals surface area contributed by atoms with Gasteiger partial charge in [0.05, 0.1) is 11.7 Å². The van der Waals surface area contributed by atoms with Crippen LogP contribution in [0.5, 0.6) is 0 Å². The van der Waals surface area contributed by atoms with E-state index in [0.29, 0.717) is 16.5 Å². The molecule has 1 aliphatic carbocycles. The molecule has 1 amide bonds. The Morgan fingerprint density at radius 1 is 1.36 bits per heavy atom. The van der Waals surface area contributed by atoms with Crippen LogP contribution in [-0.2, 0) is 28.9 Å². The van der Waals surface area contributed by atoms with Crippen LogP contribution >= 0.6 is 11.3 Å². The molecule has 0 aliphatic heterocycles. The molecule has 2 heterocycles. The fraction of sp³-hybridized carbons (Fsp3) is 0.500. The largest absolute Gasteiger partial charge is 0.459 e. The Kier molecular flexibility index (Phi) is 6.18. The molecular formula is C22H29N2O3S+. The summed E-state index contributed by atoms with van der Waals surface area (Å²) in [6.45, 7) is 10.1. The van der Waals surface area contributed by atoms with E-state index < -0.39 is 0 Å². The molecule has 28 heavy (non-hydrogen) atoms. The maximum Gasteiger partial charge on any atom is 0.341 e. The third-order valence-corrected chi connectivity index (χ3v) is 6.41. The number of thiophene rings is 1. The molecule has 2 aromatic heterocycles. The second kappa shape index (κ2) is 8.43. The van der Waals surface area contributed by atoms with Gasteiger partial charge in [0, 0.05) is 23.4 Å². The quantitative estimate of drug-likeness (QED) is 0.609. The lowest BCUT2D eigenvalue weighted by Crippen LogP contribution is -2.43. The Balaban J connectivity index is 1.87. The molecule has 1 atom stereocenters. The predicted molar refractivity (Wildman–Crippen MR) is 111 cm³/mol. The number of nitrogens with zero attached hydrogens (tertiary/aromatic N) is 1. The summed E-state index contributed by atoms with van der Waals surface area (Å²) < 4.78 is 7.40. The van der Waals surface area contributed by atoms with Gasteiger partial charge in [0.25, 0.3) is 5.91 Å². The first kappa shape index (κ1) is 20.5. The molecule has 0 radical (unpaired) electrons. The summed E-state index contributed by atoms with van der Waals surface area (Å²) in [4.78, 5) is 26.7. The molecule has 1 N–H and O–H groups in total. The van der Waals surface area contributed by atoms with Crippen LogP contribution < -0.4 is 9.88 Å². The van der Waals surface area contributed by atoms with Crippen molar-refractivity contribution < 1.29 is 18.9 Å². The second-order valence-corrected chi connectivity index (χ2v) is 9.07. The Hall–Kier alpha value is -2.21. The topological polar surface area (TPSA) is 59.3 Å². The molecule has 0 aromatic carbocycles. The van der Waals surface area contributed by atoms with Crippen molar-refractivity contribution in [1.29, 1.82) is 0 Å². The van der Waals surface area contributed by atoms with Crippen LogP contribution in [0.2, 0.25) is 0 Å². The van der Waals surface area contributed by atoms with Crippen molar-refractivity contribution in [2.75, 3.05) is 5.32 Å². The van der Waals surface area contributed by atoms with Crippen molar-refractivity contribution in [1.82, 2.24) is 0 Å². The number of aromatic nitrogens is 1. The van der Waals surface area contributed by atoms with Gasteiger partial charge in [-0.05, 0) is 57.6 Å². The van der Waals surface area contributed by atoms with Gasteiger partial charge in [-0.15, -0.1) is 11.3 Å². The third-order valence-electron chi connectivity index (χ3n) is 5.24. The van der Waals surface area contributed by atoms with E-state index in [-0.39, 0.29) is 24.5 Å². The number of fused-ring (bicyclic) bond motifs is 1. The average Bonchev–Trinajstić information content (AvgIpc) is 2.95. The zero-order valence-electron chi connectivity index (χ0n) is 17.3. The zero-order chi connectivity index (χ0) is 20.4. The highest BCUT2D eigenvalue weighted by molar-refractivity contribution is 7.17. The first-order chi connectivity index (χ1) is 13.3. The molecule has 0 spiro atoms. The number of aryl methyl sites for hydroxylation is 1. The maximum atomic E-state index is 12.8. The fourth-order valence-electron chi connectivity index (χ4n) is 3.57. The molecule has 0 bridgehead atoms. The number of pyridine rings is 1. The van der Waals surface area contributed by atoms with Gasteiger partial charge in [0.2, 0.25) is 6.54 Å². The Morgan fingerprint density at radius 2 is 2.11 bits per heavy atom. The average molecular weight is 402 g/mol. The summed E-state index contributed by atoms with van der Waals surface area (Å²) in [6, 6.07) is 3.96. The molecule has 2 aromatic rings. The van der Waals surface area contributed by atoms with E-state index in [0.717, 1.165) is 36.1 Å². The number of carbonyl (C=O) groups excluding carboxylic acids is 2. The van der Waals surface area contributed by atoms with Crippen LogP contribution in [0.15, 0.2) is 18.3 Å². The van der Waals surface area contributed by atoms with E-state index in [2.05, 4.69) is 12.2 Å². The smallest absolute Gasteiger partial charge is 0.341 e. The van der Waals surface area contributed by atoms with E-state index in [1.807, 2.05) is 50.6 Å². The van der Waals surface area contributed by atoms with Gasteiger partial charge in [-0.2, -0.15) is 4.57 Å². The SMILES string of the molecule is Cc1ccc[n+](CC(=O)Nc2sc3c(c2C(=O)OC(C)C)CC[C@H](C)C3)c1C. The first-order valence-corrected chi connectivity index (χ1v) is 10.7. The Labute approximate surface area is 170 Å². The third kappa shape index (κ3) is 4.43. The summed E-state index contributed by atoms with van der Waals surface area (Å²) in [5, 5.41) is 3.62. The number of rotatable bonds is 5. The van der Waals surface area contributed by atoms with Crippen LogP contribution in [0.25, 0.3) is 0 Å². The molecule has 1 aliphatic rings. The van der Waals surface area contributed by atoms with Crippen LogP contribution in [0, 0.1) is 19.8 Å². The number of esters is 1. The van der Waals surface area contributed by atoms with E-state index in [9.17, 15) is 9.59 Å². The number of hydrogen-bond donors (Lipinski definition) is 1. The molecule has 6 heteroatoms. The molecule has 150 valence electrons. The van der Waals surface area contributed by atoms with Gasteiger partial charge in [-0.3, -0.25) is 4.79 Å². The standard InChI is InChI=1S/C22H28N2O3S/c1-13(2)27-22(26)20-17-9-8-14(3)11-18(17)28-21(20)23-19(25)12-24-10-6-7-15(4)16(24)5/h6-7,10,13-14H,8-9,11-12H2,1-5H3/p+1/t14-/m0/s1. The van der Waals surface area contributed by atoms with E-state index in [4.69, 9.17) is 4.74 Å². The molecular weight excluding hydrogens is 372 g/mol. The first-order valence-electron chi connectivity index (χ1n) is 9.87. The molecule has 0 saturated heterocycles. The minimum absolute atomic E-state index is 0.135. The molecule has 0 unspecified atom stereocenters. The molecule has 5 nitrogen and oxygen atoms in total. The number of amides is 1. The van der Waals surface area contributed by atoms with Crippen molar-refractivity contribution in [3.63, 3.8) is 0 Å². The van der Waals surface area contributed by atoms with Crippen molar-refractivity contribution >= 4 is 28.2 Å². The van der Waals surface area contributed by atoms with Gasteiger partial charge in [-0.25, -0.2) is 4.79 Å². The van der Waals surface area contributed by atoms with E-state index in [1.54, 1.807) is 0 Å². The summed E-state index contributed by atoms with van der Waals surface area (Å²) in [6.07, 6.45) is 4.56. The van der Waals surface area contributed by atoms with E-state index in [1.165, 1.54) is 16.2 Å². The number of ether oxygens (including phenoxy) is 1. The number of hydrogen-bond acceptors (Lipinski definition) is 4. The molecule has 0 saturated carbocycles. The Bertz CT molecular complexity index is 901. The van der Waals surface area contributed by atoms with Crippen LogP contribution in [0.4, 0.5) is 5.00 Å². The van der Waals surface area contributed by atoms with Crippen molar-refractivity contribution in [2.24, 2.45) is 5.92 Å². The highest BCUT2D eigenvalue weighted by Gasteiger charge is 2.30. The zero-order valence-corrected chi connectivity index (χ0v) is 18.1. The summed E-state index contributed by atoms with van der Waals surface area (Å²) in [7, 11) is 0. The molecule has 3 rings (SSSR count). The van der Waals surface area contributed by atoms with Gasteiger partial charge >= 0.3 is 5.97 Å². The Morgan fingerprint density at radius 3 is 2.82 bits per heavy atom.